The lowest BCUT2D eigenvalue weighted by molar-refractivity contribution is 0.0918. The average molecular weight is 411 g/mol. The van der Waals surface area contributed by atoms with Gasteiger partial charge in [-0.15, -0.1) is 12.4 Å². The van der Waals surface area contributed by atoms with Gasteiger partial charge in [0.15, 0.2) is 0 Å². The Kier molecular flexibility index (Phi) is 7.38. The van der Waals surface area contributed by atoms with Crippen molar-refractivity contribution in [1.29, 1.82) is 0 Å². The van der Waals surface area contributed by atoms with Gasteiger partial charge in [0.1, 0.15) is 17.4 Å². The predicted molar refractivity (Wildman–Crippen MR) is 108 cm³/mol. The maximum atomic E-state index is 14.5. The number of ether oxygens (including phenoxy) is 1. The first-order valence-corrected chi connectivity index (χ1v) is 9.04. The number of benzene rings is 2. The molecule has 1 aliphatic rings. The van der Waals surface area contributed by atoms with Crippen molar-refractivity contribution in [2.24, 2.45) is 5.41 Å². The first kappa shape index (κ1) is 22.1. The van der Waals surface area contributed by atoms with E-state index in [-0.39, 0.29) is 28.9 Å². The van der Waals surface area contributed by atoms with Crippen LogP contribution in [0.3, 0.4) is 0 Å². The van der Waals surface area contributed by atoms with Gasteiger partial charge in [-0.05, 0) is 61.2 Å². The van der Waals surface area contributed by atoms with Gasteiger partial charge in [-0.1, -0.05) is 13.0 Å². The van der Waals surface area contributed by atoms with Crippen molar-refractivity contribution in [1.82, 2.24) is 10.6 Å². The Bertz CT molecular complexity index is 839. The normalized spacial score (nSPS) is 15.4. The van der Waals surface area contributed by atoms with Gasteiger partial charge in [0.25, 0.3) is 5.91 Å². The average Bonchev–Trinajstić information content (AvgIpc) is 2.66. The lowest BCUT2D eigenvalue weighted by atomic mass is 9.81. The minimum atomic E-state index is -0.671. The highest BCUT2D eigenvalue weighted by Gasteiger charge is 2.27. The van der Waals surface area contributed by atoms with Gasteiger partial charge in [0, 0.05) is 18.2 Å². The minimum Gasteiger partial charge on any atom is -0.497 e. The van der Waals surface area contributed by atoms with Crippen LogP contribution < -0.4 is 15.4 Å². The van der Waals surface area contributed by atoms with Crippen molar-refractivity contribution in [3.63, 3.8) is 0 Å². The number of hydrogen-bond acceptors (Lipinski definition) is 3. The highest BCUT2D eigenvalue weighted by molar-refractivity contribution is 5.95. The molecule has 0 unspecified atom stereocenters. The molecule has 1 heterocycles. The second-order valence-corrected chi connectivity index (χ2v) is 7.28. The zero-order chi connectivity index (χ0) is 19.4. The van der Waals surface area contributed by atoms with Crippen LogP contribution in [0.4, 0.5) is 8.78 Å². The molecule has 4 nitrogen and oxygen atoms in total. The maximum absolute atomic E-state index is 14.5. The second kappa shape index (κ2) is 9.34. The van der Waals surface area contributed by atoms with Crippen molar-refractivity contribution in [3.05, 3.63) is 53.6 Å². The van der Waals surface area contributed by atoms with Crippen LogP contribution in [0.25, 0.3) is 11.1 Å². The molecule has 0 saturated carbocycles. The summed E-state index contributed by atoms with van der Waals surface area (Å²) in [5.41, 5.74) is 0.604. The standard InChI is InChI=1S/C21H24F2N2O2.ClH/c1-21(7-9-24-10-8-21)13-25-20(26)17-5-3-14(11-18(17)22)16-6-4-15(27-2)12-19(16)23;/h3-6,11-12,24H,7-10,13H2,1-2H3,(H,25,26);1H. The molecular weight excluding hydrogens is 386 g/mol. The third kappa shape index (κ3) is 5.00. The van der Waals surface area contributed by atoms with E-state index in [1.807, 2.05) is 0 Å². The van der Waals surface area contributed by atoms with Crippen LogP contribution in [0.2, 0.25) is 0 Å². The summed E-state index contributed by atoms with van der Waals surface area (Å²) in [7, 11) is 1.45. The summed E-state index contributed by atoms with van der Waals surface area (Å²) in [4.78, 5) is 12.4. The van der Waals surface area contributed by atoms with Crippen molar-refractivity contribution in [3.8, 4) is 16.9 Å². The smallest absolute Gasteiger partial charge is 0.254 e. The van der Waals surface area contributed by atoms with Gasteiger partial charge in [-0.3, -0.25) is 4.79 Å². The number of carbonyl (C=O) groups is 1. The van der Waals surface area contributed by atoms with Crippen molar-refractivity contribution in [2.75, 3.05) is 26.7 Å². The zero-order valence-corrected chi connectivity index (χ0v) is 16.8. The molecule has 1 amide bonds. The molecule has 1 saturated heterocycles. The largest absolute Gasteiger partial charge is 0.497 e. The Morgan fingerprint density at radius 1 is 1.14 bits per heavy atom. The highest BCUT2D eigenvalue weighted by Crippen LogP contribution is 2.29. The Balaban J connectivity index is 0.00000280. The van der Waals surface area contributed by atoms with Gasteiger partial charge in [0.05, 0.1) is 12.7 Å². The van der Waals surface area contributed by atoms with E-state index in [0.29, 0.717) is 17.9 Å². The number of nitrogens with one attached hydrogen (secondary N) is 2. The summed E-state index contributed by atoms with van der Waals surface area (Å²) in [6.07, 6.45) is 1.93. The number of amides is 1. The monoisotopic (exact) mass is 410 g/mol. The van der Waals surface area contributed by atoms with Crippen LogP contribution in [-0.4, -0.2) is 32.7 Å². The molecule has 0 spiro atoms. The number of rotatable bonds is 5. The Morgan fingerprint density at radius 3 is 2.46 bits per heavy atom. The Labute approximate surface area is 170 Å². The molecule has 28 heavy (non-hydrogen) atoms. The maximum Gasteiger partial charge on any atom is 0.254 e. The van der Waals surface area contributed by atoms with E-state index in [9.17, 15) is 13.6 Å². The zero-order valence-electron chi connectivity index (χ0n) is 16.0. The van der Waals surface area contributed by atoms with Crippen LogP contribution in [0.15, 0.2) is 36.4 Å². The van der Waals surface area contributed by atoms with Gasteiger partial charge >= 0.3 is 0 Å². The Hall–Kier alpha value is -2.18. The molecule has 1 fully saturated rings. The van der Waals surface area contributed by atoms with E-state index in [0.717, 1.165) is 25.9 Å². The van der Waals surface area contributed by atoms with Crippen LogP contribution in [0.1, 0.15) is 30.1 Å². The number of methoxy groups -OCH3 is 1. The first-order chi connectivity index (χ1) is 12.9. The lowest BCUT2D eigenvalue weighted by Gasteiger charge is -2.34. The molecule has 2 N–H and O–H groups in total. The van der Waals surface area contributed by atoms with Crippen LogP contribution in [-0.2, 0) is 0 Å². The lowest BCUT2D eigenvalue weighted by Crippen LogP contribution is -2.43. The third-order valence-corrected chi connectivity index (χ3v) is 5.19. The molecule has 0 aliphatic carbocycles. The number of hydrogen-bond donors (Lipinski definition) is 2. The molecule has 152 valence electrons. The van der Waals surface area contributed by atoms with Crippen LogP contribution in [0.5, 0.6) is 5.75 Å². The molecule has 0 aromatic heterocycles. The SMILES string of the molecule is COc1ccc(-c2ccc(C(=O)NCC3(C)CCNCC3)c(F)c2)c(F)c1.Cl. The molecule has 7 heteroatoms. The van der Waals surface area contributed by atoms with Crippen molar-refractivity contribution in [2.45, 2.75) is 19.8 Å². The highest BCUT2D eigenvalue weighted by atomic mass is 35.5. The molecule has 3 rings (SSSR count). The van der Waals surface area contributed by atoms with E-state index in [4.69, 9.17) is 4.74 Å². The van der Waals surface area contributed by atoms with Crippen LogP contribution >= 0.6 is 12.4 Å². The first-order valence-electron chi connectivity index (χ1n) is 9.04. The van der Waals surface area contributed by atoms with E-state index >= 15 is 0 Å². The molecule has 1 aliphatic heterocycles. The quantitative estimate of drug-likeness (QED) is 0.777. The molecular formula is C21H25ClF2N2O2. The Morgan fingerprint density at radius 2 is 1.86 bits per heavy atom. The van der Waals surface area contributed by atoms with Crippen molar-refractivity contribution >= 4 is 18.3 Å². The third-order valence-electron chi connectivity index (χ3n) is 5.19. The molecule has 0 radical (unpaired) electrons. The van der Waals surface area contributed by atoms with E-state index in [1.54, 1.807) is 12.1 Å². The summed E-state index contributed by atoms with van der Waals surface area (Å²) >= 11 is 0. The fourth-order valence-electron chi connectivity index (χ4n) is 3.32. The summed E-state index contributed by atoms with van der Waals surface area (Å²) in [5.74, 6) is -1.24. The summed E-state index contributed by atoms with van der Waals surface area (Å²) in [5, 5.41) is 6.13. The fraction of sp³-hybridized carbons (Fsp3) is 0.381. The second-order valence-electron chi connectivity index (χ2n) is 7.28. The summed E-state index contributed by atoms with van der Waals surface area (Å²) in [6, 6.07) is 8.51. The predicted octanol–water partition coefficient (Wildman–Crippen LogP) is 4.18. The summed E-state index contributed by atoms with van der Waals surface area (Å²) < 4.78 is 33.7. The number of halogens is 3. The molecule has 2 aromatic rings. The van der Waals surface area contributed by atoms with Crippen molar-refractivity contribution < 1.29 is 18.3 Å². The van der Waals surface area contributed by atoms with E-state index < -0.39 is 17.5 Å². The molecule has 0 bridgehead atoms. The van der Waals surface area contributed by atoms with E-state index in [2.05, 4.69) is 17.6 Å². The molecule has 2 aromatic carbocycles. The molecule has 0 atom stereocenters. The number of carbonyl (C=O) groups excluding carboxylic acids is 1. The minimum absolute atomic E-state index is 0. The van der Waals surface area contributed by atoms with Gasteiger partial charge < -0.3 is 15.4 Å². The van der Waals surface area contributed by atoms with E-state index in [1.165, 1.54) is 31.4 Å². The van der Waals surface area contributed by atoms with Gasteiger partial charge in [-0.25, -0.2) is 8.78 Å². The number of piperidine rings is 1. The topological polar surface area (TPSA) is 50.4 Å². The fourth-order valence-corrected chi connectivity index (χ4v) is 3.32. The van der Waals surface area contributed by atoms with Crippen LogP contribution in [0, 0.1) is 17.0 Å². The summed E-state index contributed by atoms with van der Waals surface area (Å²) in [6.45, 7) is 4.47. The van der Waals surface area contributed by atoms with Gasteiger partial charge in [-0.2, -0.15) is 0 Å². The van der Waals surface area contributed by atoms with Gasteiger partial charge in [0.2, 0.25) is 0 Å².